The molecule has 0 atom stereocenters. The summed E-state index contributed by atoms with van der Waals surface area (Å²) < 4.78 is 5.04. The van der Waals surface area contributed by atoms with Crippen molar-refractivity contribution in [3.8, 4) is 0 Å². The van der Waals surface area contributed by atoms with Gasteiger partial charge in [-0.25, -0.2) is 0 Å². The van der Waals surface area contributed by atoms with Crippen LogP contribution in [0.3, 0.4) is 0 Å². The molecule has 0 saturated carbocycles. The Hall–Kier alpha value is -1.06. The van der Waals surface area contributed by atoms with Gasteiger partial charge >= 0.3 is 5.97 Å². The Bertz CT molecular complexity index is 279. The van der Waals surface area contributed by atoms with Gasteiger partial charge in [-0.2, -0.15) is 0 Å². The van der Waals surface area contributed by atoms with Crippen LogP contribution >= 0.6 is 0 Å². The van der Waals surface area contributed by atoms with Gasteiger partial charge in [0.1, 0.15) is 6.61 Å². The SMILES string of the molecule is CC(C)C(=O)OCCN(C)C(=O)CCC(C)(C)C. The summed E-state index contributed by atoms with van der Waals surface area (Å²) in [5.41, 5.74) is 0.167. The summed E-state index contributed by atoms with van der Waals surface area (Å²) in [6.45, 7) is 10.7. The van der Waals surface area contributed by atoms with Crippen LogP contribution in [0, 0.1) is 11.3 Å². The highest BCUT2D eigenvalue weighted by atomic mass is 16.5. The van der Waals surface area contributed by atoms with E-state index in [0.29, 0.717) is 13.0 Å². The minimum absolute atomic E-state index is 0.102. The molecule has 0 aliphatic carbocycles. The number of ether oxygens (including phenoxy) is 1. The summed E-state index contributed by atoms with van der Waals surface area (Å²) >= 11 is 0. The van der Waals surface area contributed by atoms with Crippen LogP contribution in [-0.2, 0) is 14.3 Å². The quantitative estimate of drug-likeness (QED) is 0.687. The molecule has 4 nitrogen and oxygen atoms in total. The Balaban J connectivity index is 3.85. The summed E-state index contributed by atoms with van der Waals surface area (Å²) in [7, 11) is 1.74. The van der Waals surface area contributed by atoms with Gasteiger partial charge in [0.2, 0.25) is 5.91 Å². The third-order valence-electron chi connectivity index (χ3n) is 2.66. The molecule has 0 rings (SSSR count). The Kier molecular flexibility index (Phi) is 6.96. The molecule has 0 radical (unpaired) electrons. The Morgan fingerprint density at radius 2 is 1.78 bits per heavy atom. The summed E-state index contributed by atoms with van der Waals surface area (Å²) in [6, 6.07) is 0. The maximum atomic E-state index is 11.8. The van der Waals surface area contributed by atoms with E-state index >= 15 is 0 Å². The molecule has 0 aromatic rings. The number of hydrogen-bond donors (Lipinski definition) is 0. The van der Waals surface area contributed by atoms with E-state index in [4.69, 9.17) is 4.74 Å². The fourth-order valence-corrected chi connectivity index (χ4v) is 1.25. The normalized spacial score (nSPS) is 11.5. The number of likely N-dealkylation sites (N-methyl/N-ethyl adjacent to an activating group) is 1. The molecule has 0 aromatic carbocycles. The van der Waals surface area contributed by atoms with E-state index < -0.39 is 0 Å². The van der Waals surface area contributed by atoms with Gasteiger partial charge < -0.3 is 9.64 Å². The van der Waals surface area contributed by atoms with Crippen LogP contribution in [0.25, 0.3) is 0 Å². The van der Waals surface area contributed by atoms with Crippen LogP contribution in [0.15, 0.2) is 0 Å². The summed E-state index contributed by atoms with van der Waals surface area (Å²) in [4.78, 5) is 24.6. The lowest BCUT2D eigenvalue weighted by atomic mass is 9.90. The van der Waals surface area contributed by atoms with Crippen LogP contribution in [0.1, 0.15) is 47.5 Å². The van der Waals surface area contributed by atoms with Gasteiger partial charge in [0.25, 0.3) is 0 Å². The highest BCUT2D eigenvalue weighted by Gasteiger charge is 2.16. The largest absolute Gasteiger partial charge is 0.464 e. The monoisotopic (exact) mass is 257 g/mol. The number of hydrogen-bond acceptors (Lipinski definition) is 3. The molecule has 0 spiro atoms. The lowest BCUT2D eigenvalue weighted by Gasteiger charge is -2.21. The van der Waals surface area contributed by atoms with Crippen LogP contribution in [0.5, 0.6) is 0 Å². The minimum atomic E-state index is -0.217. The van der Waals surface area contributed by atoms with Gasteiger partial charge in [-0.3, -0.25) is 9.59 Å². The summed E-state index contributed by atoms with van der Waals surface area (Å²) in [5, 5.41) is 0. The van der Waals surface area contributed by atoms with E-state index in [1.54, 1.807) is 25.8 Å². The van der Waals surface area contributed by atoms with Crippen LogP contribution < -0.4 is 0 Å². The smallest absolute Gasteiger partial charge is 0.308 e. The molecule has 0 aliphatic heterocycles. The molecule has 0 N–H and O–H groups in total. The molecular formula is C14H27NO3. The van der Waals surface area contributed by atoms with Gasteiger partial charge in [0, 0.05) is 13.5 Å². The molecule has 1 amide bonds. The Morgan fingerprint density at radius 3 is 2.22 bits per heavy atom. The second kappa shape index (κ2) is 7.39. The van der Waals surface area contributed by atoms with Crippen molar-refractivity contribution in [1.82, 2.24) is 4.90 Å². The van der Waals surface area contributed by atoms with Gasteiger partial charge in [0.15, 0.2) is 0 Å². The Morgan fingerprint density at radius 1 is 1.22 bits per heavy atom. The molecule has 0 fully saturated rings. The predicted molar refractivity (Wildman–Crippen MR) is 72.1 cm³/mol. The highest BCUT2D eigenvalue weighted by molar-refractivity contribution is 5.76. The topological polar surface area (TPSA) is 46.6 Å². The van der Waals surface area contributed by atoms with E-state index in [1.165, 1.54) is 0 Å². The second-order valence-electron chi connectivity index (χ2n) is 6.20. The summed E-state index contributed by atoms with van der Waals surface area (Å²) in [5.74, 6) is -0.233. The molecule has 0 aromatic heterocycles. The van der Waals surface area contributed by atoms with Crippen molar-refractivity contribution in [2.45, 2.75) is 47.5 Å². The third kappa shape index (κ3) is 8.09. The van der Waals surface area contributed by atoms with E-state index in [0.717, 1.165) is 6.42 Å². The second-order valence-corrected chi connectivity index (χ2v) is 6.20. The van der Waals surface area contributed by atoms with E-state index in [9.17, 15) is 9.59 Å². The van der Waals surface area contributed by atoms with Crippen molar-refractivity contribution < 1.29 is 14.3 Å². The predicted octanol–water partition coefficient (Wildman–Crippen LogP) is 2.47. The Labute approximate surface area is 111 Å². The van der Waals surface area contributed by atoms with Crippen molar-refractivity contribution in [2.24, 2.45) is 11.3 Å². The lowest BCUT2D eigenvalue weighted by Crippen LogP contribution is -2.31. The molecule has 4 heteroatoms. The molecule has 18 heavy (non-hydrogen) atoms. The average molecular weight is 257 g/mol. The number of rotatable bonds is 6. The maximum absolute atomic E-state index is 11.8. The van der Waals surface area contributed by atoms with Gasteiger partial charge in [-0.1, -0.05) is 34.6 Å². The van der Waals surface area contributed by atoms with Crippen molar-refractivity contribution in [1.29, 1.82) is 0 Å². The fraction of sp³-hybridized carbons (Fsp3) is 0.857. The van der Waals surface area contributed by atoms with E-state index in [-0.39, 0.29) is 29.8 Å². The lowest BCUT2D eigenvalue weighted by molar-refractivity contribution is -0.148. The molecule has 0 heterocycles. The number of carbonyl (C=O) groups is 2. The number of carbonyl (C=O) groups excluding carboxylic acids is 2. The van der Waals surface area contributed by atoms with Gasteiger partial charge in [-0.05, 0) is 11.8 Å². The zero-order valence-corrected chi connectivity index (χ0v) is 12.6. The minimum Gasteiger partial charge on any atom is -0.464 e. The van der Waals surface area contributed by atoms with Gasteiger partial charge in [0.05, 0.1) is 12.5 Å². The standard InChI is InChI=1S/C14H27NO3/c1-11(2)13(17)18-10-9-15(6)12(16)7-8-14(3,4)5/h11H,7-10H2,1-6H3. The molecule has 0 bridgehead atoms. The first-order chi connectivity index (χ1) is 8.13. The third-order valence-corrected chi connectivity index (χ3v) is 2.66. The van der Waals surface area contributed by atoms with Crippen molar-refractivity contribution in [3.05, 3.63) is 0 Å². The first kappa shape index (κ1) is 16.9. The highest BCUT2D eigenvalue weighted by Crippen LogP contribution is 2.20. The molecule has 0 unspecified atom stereocenters. The first-order valence-electron chi connectivity index (χ1n) is 6.54. The van der Waals surface area contributed by atoms with Crippen molar-refractivity contribution >= 4 is 11.9 Å². The van der Waals surface area contributed by atoms with Crippen LogP contribution in [-0.4, -0.2) is 37.0 Å². The average Bonchev–Trinajstić information content (AvgIpc) is 2.24. The van der Waals surface area contributed by atoms with Crippen molar-refractivity contribution in [3.63, 3.8) is 0 Å². The maximum Gasteiger partial charge on any atom is 0.308 e. The molecular weight excluding hydrogens is 230 g/mol. The van der Waals surface area contributed by atoms with Crippen LogP contribution in [0.4, 0.5) is 0 Å². The van der Waals surface area contributed by atoms with Crippen molar-refractivity contribution in [2.75, 3.05) is 20.2 Å². The first-order valence-corrected chi connectivity index (χ1v) is 6.54. The summed E-state index contributed by atoms with van der Waals surface area (Å²) in [6.07, 6.45) is 1.40. The number of esters is 1. The molecule has 0 saturated heterocycles. The molecule has 106 valence electrons. The van der Waals surface area contributed by atoms with Crippen LogP contribution in [0.2, 0.25) is 0 Å². The zero-order chi connectivity index (χ0) is 14.3. The number of amides is 1. The fourth-order valence-electron chi connectivity index (χ4n) is 1.25. The number of nitrogens with zero attached hydrogens (tertiary/aromatic N) is 1. The van der Waals surface area contributed by atoms with E-state index in [1.807, 2.05) is 0 Å². The van der Waals surface area contributed by atoms with E-state index in [2.05, 4.69) is 20.8 Å². The zero-order valence-electron chi connectivity index (χ0n) is 12.6. The van der Waals surface area contributed by atoms with Gasteiger partial charge in [-0.15, -0.1) is 0 Å². The molecule has 0 aliphatic rings.